The lowest BCUT2D eigenvalue weighted by Gasteiger charge is -2.05. The molecular weight excluding hydrogens is 316 g/mol. The van der Waals surface area contributed by atoms with Crippen molar-refractivity contribution < 1.29 is 9.47 Å². The number of halogens is 1. The Bertz CT molecular complexity index is 147. The van der Waals surface area contributed by atoms with Crippen molar-refractivity contribution in [2.45, 2.75) is 77.6 Å². The molecule has 0 unspecified atom stereocenters. The first kappa shape index (κ1) is 20.4. The van der Waals surface area contributed by atoms with Crippen LogP contribution in [0.3, 0.4) is 0 Å². The third-order valence-electron chi connectivity index (χ3n) is 3.49. The average Bonchev–Trinajstić information content (AvgIpc) is 2.47. The van der Waals surface area contributed by atoms with Gasteiger partial charge in [-0.15, -0.1) is 0 Å². The molecule has 0 atom stereocenters. The van der Waals surface area contributed by atoms with Crippen LogP contribution in [-0.2, 0) is 9.47 Å². The summed E-state index contributed by atoms with van der Waals surface area (Å²) in [6.45, 7) is 5.42. The quantitative estimate of drug-likeness (QED) is 0.246. The molecule has 0 saturated carbocycles. The zero-order valence-electron chi connectivity index (χ0n) is 13.5. The van der Waals surface area contributed by atoms with Crippen LogP contribution in [0, 0.1) is 0 Å². The lowest BCUT2D eigenvalue weighted by Crippen LogP contribution is -2.06. The lowest BCUT2D eigenvalue weighted by molar-refractivity contribution is 0.0524. The highest BCUT2D eigenvalue weighted by Gasteiger charge is 1.94. The highest BCUT2D eigenvalue weighted by Crippen LogP contribution is 2.11. The van der Waals surface area contributed by atoms with Crippen molar-refractivity contribution in [2.75, 3.05) is 31.8 Å². The standard InChI is InChI=1S/C17H35BrO2/c1-2-3-4-5-6-7-8-9-10-11-12-14-19-16-17-20-15-13-18/h2-17H2,1H3. The molecule has 0 fully saturated rings. The van der Waals surface area contributed by atoms with Gasteiger partial charge in [0.15, 0.2) is 0 Å². The second-order valence-electron chi connectivity index (χ2n) is 5.45. The summed E-state index contributed by atoms with van der Waals surface area (Å²) in [6, 6.07) is 0. The van der Waals surface area contributed by atoms with Crippen molar-refractivity contribution >= 4 is 15.9 Å². The van der Waals surface area contributed by atoms with Gasteiger partial charge in [-0.05, 0) is 6.42 Å². The van der Waals surface area contributed by atoms with Crippen molar-refractivity contribution in [3.63, 3.8) is 0 Å². The van der Waals surface area contributed by atoms with Crippen LogP contribution in [0.2, 0.25) is 0 Å². The largest absolute Gasteiger partial charge is 0.379 e. The fourth-order valence-electron chi connectivity index (χ4n) is 2.24. The molecule has 0 saturated heterocycles. The first-order chi connectivity index (χ1) is 9.91. The monoisotopic (exact) mass is 350 g/mol. The van der Waals surface area contributed by atoms with Crippen LogP contribution in [0.1, 0.15) is 77.6 Å². The summed E-state index contributed by atoms with van der Waals surface area (Å²) < 4.78 is 10.8. The number of ether oxygens (including phenoxy) is 2. The van der Waals surface area contributed by atoms with Gasteiger partial charge in [-0.2, -0.15) is 0 Å². The van der Waals surface area contributed by atoms with E-state index in [4.69, 9.17) is 9.47 Å². The third-order valence-corrected chi connectivity index (χ3v) is 3.81. The molecular formula is C17H35BrO2. The number of hydrogen-bond donors (Lipinski definition) is 0. The molecule has 3 heteroatoms. The summed E-state index contributed by atoms with van der Waals surface area (Å²) in [5.41, 5.74) is 0. The molecule has 0 bridgehead atoms. The predicted octanol–water partition coefficient (Wildman–Crippen LogP) is 5.73. The van der Waals surface area contributed by atoms with Gasteiger partial charge in [0.05, 0.1) is 19.8 Å². The Labute approximate surface area is 135 Å². The number of rotatable bonds is 17. The highest BCUT2D eigenvalue weighted by atomic mass is 79.9. The summed E-state index contributed by atoms with van der Waals surface area (Å²) in [6.07, 6.45) is 15.3. The molecule has 0 heterocycles. The van der Waals surface area contributed by atoms with E-state index in [0.717, 1.165) is 31.8 Å². The van der Waals surface area contributed by atoms with E-state index in [9.17, 15) is 0 Å². The fourth-order valence-corrected chi connectivity index (χ4v) is 2.47. The SMILES string of the molecule is CCCCCCCCCCCCCOCCOCCBr. The third kappa shape index (κ3) is 18.4. The Morgan fingerprint density at radius 2 is 1.00 bits per heavy atom. The maximum Gasteiger partial charge on any atom is 0.0700 e. The summed E-state index contributed by atoms with van der Waals surface area (Å²) in [7, 11) is 0. The van der Waals surface area contributed by atoms with E-state index in [1.165, 1.54) is 70.6 Å². The number of unbranched alkanes of at least 4 members (excludes halogenated alkanes) is 10. The van der Waals surface area contributed by atoms with E-state index in [-0.39, 0.29) is 0 Å². The van der Waals surface area contributed by atoms with Crippen molar-refractivity contribution in [3.8, 4) is 0 Å². The second-order valence-corrected chi connectivity index (χ2v) is 6.24. The van der Waals surface area contributed by atoms with Crippen molar-refractivity contribution in [1.29, 1.82) is 0 Å². The predicted molar refractivity (Wildman–Crippen MR) is 91.9 cm³/mol. The lowest BCUT2D eigenvalue weighted by atomic mass is 10.1. The molecule has 0 aliphatic carbocycles. The minimum Gasteiger partial charge on any atom is -0.379 e. The van der Waals surface area contributed by atoms with Gasteiger partial charge >= 0.3 is 0 Å². The maximum atomic E-state index is 5.52. The van der Waals surface area contributed by atoms with Gasteiger partial charge in [0.25, 0.3) is 0 Å². The molecule has 0 aromatic carbocycles. The van der Waals surface area contributed by atoms with Gasteiger partial charge in [-0.1, -0.05) is 87.1 Å². The molecule has 20 heavy (non-hydrogen) atoms. The maximum absolute atomic E-state index is 5.52. The molecule has 0 N–H and O–H groups in total. The Kier molecular flexibility index (Phi) is 19.8. The topological polar surface area (TPSA) is 18.5 Å². The normalized spacial score (nSPS) is 11.1. The van der Waals surface area contributed by atoms with E-state index in [1.54, 1.807) is 0 Å². The molecule has 122 valence electrons. The van der Waals surface area contributed by atoms with Crippen LogP contribution in [0.15, 0.2) is 0 Å². The van der Waals surface area contributed by atoms with Gasteiger partial charge in [-0.25, -0.2) is 0 Å². The molecule has 0 aromatic rings. The average molecular weight is 351 g/mol. The van der Waals surface area contributed by atoms with Crippen molar-refractivity contribution in [2.24, 2.45) is 0 Å². The van der Waals surface area contributed by atoms with E-state index >= 15 is 0 Å². The number of hydrogen-bond acceptors (Lipinski definition) is 2. The van der Waals surface area contributed by atoms with Crippen LogP contribution in [0.4, 0.5) is 0 Å². The van der Waals surface area contributed by atoms with Crippen LogP contribution < -0.4 is 0 Å². The smallest absolute Gasteiger partial charge is 0.0700 e. The van der Waals surface area contributed by atoms with E-state index < -0.39 is 0 Å². The molecule has 0 aliphatic heterocycles. The molecule has 2 nitrogen and oxygen atoms in total. The van der Waals surface area contributed by atoms with Gasteiger partial charge in [0, 0.05) is 11.9 Å². The molecule has 0 rings (SSSR count). The second kappa shape index (κ2) is 19.4. The van der Waals surface area contributed by atoms with E-state index in [1.807, 2.05) is 0 Å². The Morgan fingerprint density at radius 3 is 1.50 bits per heavy atom. The summed E-state index contributed by atoms with van der Waals surface area (Å²) in [5.74, 6) is 0. The first-order valence-electron chi connectivity index (χ1n) is 8.63. The van der Waals surface area contributed by atoms with Gasteiger partial charge < -0.3 is 9.47 Å². The van der Waals surface area contributed by atoms with E-state index in [2.05, 4.69) is 22.9 Å². The Morgan fingerprint density at radius 1 is 0.550 bits per heavy atom. The molecule has 0 amide bonds. The van der Waals surface area contributed by atoms with E-state index in [0.29, 0.717) is 0 Å². The molecule has 0 aliphatic rings. The van der Waals surface area contributed by atoms with Crippen molar-refractivity contribution in [1.82, 2.24) is 0 Å². The molecule has 0 spiro atoms. The summed E-state index contributed by atoms with van der Waals surface area (Å²) in [4.78, 5) is 0. The zero-order valence-corrected chi connectivity index (χ0v) is 15.1. The highest BCUT2D eigenvalue weighted by molar-refractivity contribution is 9.09. The molecule has 0 aromatic heterocycles. The molecule has 0 radical (unpaired) electrons. The van der Waals surface area contributed by atoms with Crippen LogP contribution >= 0.6 is 15.9 Å². The van der Waals surface area contributed by atoms with Gasteiger partial charge in [-0.3, -0.25) is 0 Å². The Balaban J connectivity index is 2.89. The van der Waals surface area contributed by atoms with Crippen LogP contribution in [-0.4, -0.2) is 31.8 Å². The van der Waals surface area contributed by atoms with Crippen LogP contribution in [0.25, 0.3) is 0 Å². The first-order valence-corrected chi connectivity index (χ1v) is 9.75. The van der Waals surface area contributed by atoms with Gasteiger partial charge in [0.1, 0.15) is 0 Å². The van der Waals surface area contributed by atoms with Gasteiger partial charge in [0.2, 0.25) is 0 Å². The minimum atomic E-state index is 0.726. The zero-order chi connectivity index (χ0) is 14.7. The van der Waals surface area contributed by atoms with Crippen LogP contribution in [0.5, 0.6) is 0 Å². The summed E-state index contributed by atoms with van der Waals surface area (Å²) >= 11 is 3.33. The summed E-state index contributed by atoms with van der Waals surface area (Å²) in [5, 5.41) is 0.908. The number of alkyl halides is 1. The fraction of sp³-hybridized carbons (Fsp3) is 1.00. The minimum absolute atomic E-state index is 0.726. The van der Waals surface area contributed by atoms with Crippen molar-refractivity contribution in [3.05, 3.63) is 0 Å². The Hall–Kier alpha value is 0.400.